The standard InChI is InChI=1S/C13H24N6O.HI/c1-3-14-13(15-7-10-5-4-6-11(10)20)16-8-12-17-9-18-19(12)2;/h9-11,20H,3-8H2,1-2H3,(H2,14,15,16);1H. The van der Waals surface area contributed by atoms with Crippen molar-refractivity contribution < 1.29 is 5.11 Å². The molecule has 0 amide bonds. The fraction of sp³-hybridized carbons (Fsp3) is 0.769. The van der Waals surface area contributed by atoms with Gasteiger partial charge in [0.25, 0.3) is 0 Å². The monoisotopic (exact) mass is 408 g/mol. The Morgan fingerprint density at radius 2 is 2.29 bits per heavy atom. The van der Waals surface area contributed by atoms with E-state index in [1.54, 1.807) is 4.68 Å². The van der Waals surface area contributed by atoms with Crippen LogP contribution in [0.3, 0.4) is 0 Å². The molecule has 0 aliphatic heterocycles. The average Bonchev–Trinajstić information content (AvgIpc) is 3.02. The summed E-state index contributed by atoms with van der Waals surface area (Å²) < 4.78 is 1.72. The van der Waals surface area contributed by atoms with Gasteiger partial charge in [-0.2, -0.15) is 5.10 Å². The molecule has 1 fully saturated rings. The van der Waals surface area contributed by atoms with Crippen molar-refractivity contribution in [2.75, 3.05) is 13.1 Å². The molecule has 1 aliphatic rings. The Morgan fingerprint density at radius 1 is 1.48 bits per heavy atom. The Morgan fingerprint density at radius 3 is 2.86 bits per heavy atom. The summed E-state index contributed by atoms with van der Waals surface area (Å²) in [5.41, 5.74) is 0. The van der Waals surface area contributed by atoms with E-state index in [0.29, 0.717) is 12.5 Å². The number of aryl methyl sites for hydroxylation is 1. The maximum absolute atomic E-state index is 9.83. The predicted molar refractivity (Wildman–Crippen MR) is 92.6 cm³/mol. The number of aliphatic hydroxyl groups excluding tert-OH is 1. The summed E-state index contributed by atoms with van der Waals surface area (Å²) >= 11 is 0. The van der Waals surface area contributed by atoms with E-state index in [0.717, 1.165) is 44.1 Å². The van der Waals surface area contributed by atoms with E-state index in [9.17, 15) is 5.11 Å². The van der Waals surface area contributed by atoms with Gasteiger partial charge in [0.1, 0.15) is 18.7 Å². The second kappa shape index (κ2) is 9.19. The molecule has 2 atom stereocenters. The summed E-state index contributed by atoms with van der Waals surface area (Å²) in [4.78, 5) is 8.64. The van der Waals surface area contributed by atoms with Crippen LogP contribution in [0.1, 0.15) is 32.0 Å². The number of aromatic nitrogens is 3. The molecule has 1 heterocycles. The van der Waals surface area contributed by atoms with Crippen LogP contribution < -0.4 is 10.6 Å². The van der Waals surface area contributed by atoms with Crippen LogP contribution in [0, 0.1) is 5.92 Å². The minimum absolute atomic E-state index is 0. The van der Waals surface area contributed by atoms with Gasteiger partial charge in [0.05, 0.1) is 6.10 Å². The van der Waals surface area contributed by atoms with E-state index < -0.39 is 0 Å². The van der Waals surface area contributed by atoms with Crippen LogP contribution in [-0.4, -0.2) is 45.0 Å². The molecular formula is C13H25IN6O. The molecule has 2 unspecified atom stereocenters. The Balaban J connectivity index is 0.00000220. The number of hydrogen-bond acceptors (Lipinski definition) is 4. The van der Waals surface area contributed by atoms with Gasteiger partial charge in [-0.15, -0.1) is 24.0 Å². The van der Waals surface area contributed by atoms with Gasteiger partial charge in [-0.3, -0.25) is 4.68 Å². The lowest BCUT2D eigenvalue weighted by Crippen LogP contribution is -2.41. The second-order valence-corrected chi connectivity index (χ2v) is 5.13. The minimum Gasteiger partial charge on any atom is -0.393 e. The molecule has 120 valence electrons. The van der Waals surface area contributed by atoms with Crippen LogP contribution in [0.5, 0.6) is 0 Å². The van der Waals surface area contributed by atoms with E-state index in [4.69, 9.17) is 0 Å². The molecule has 0 radical (unpaired) electrons. The first-order valence-electron chi connectivity index (χ1n) is 7.23. The molecule has 7 nitrogen and oxygen atoms in total. The van der Waals surface area contributed by atoms with Gasteiger partial charge in [-0.1, -0.05) is 6.42 Å². The summed E-state index contributed by atoms with van der Waals surface area (Å²) in [5, 5.41) is 20.3. The first-order chi connectivity index (χ1) is 9.70. The van der Waals surface area contributed by atoms with Crippen molar-refractivity contribution in [2.45, 2.75) is 38.8 Å². The smallest absolute Gasteiger partial charge is 0.191 e. The maximum atomic E-state index is 9.83. The first-order valence-corrected chi connectivity index (χ1v) is 7.23. The number of aliphatic hydroxyl groups is 1. The van der Waals surface area contributed by atoms with Crippen molar-refractivity contribution in [3.8, 4) is 0 Å². The molecule has 0 spiro atoms. The van der Waals surface area contributed by atoms with Crippen LogP contribution in [0.25, 0.3) is 0 Å². The molecule has 0 saturated heterocycles. The largest absolute Gasteiger partial charge is 0.393 e. The van der Waals surface area contributed by atoms with Crippen molar-refractivity contribution in [1.82, 2.24) is 25.4 Å². The number of aliphatic imine (C=N–C) groups is 1. The molecule has 0 bridgehead atoms. The fourth-order valence-electron chi connectivity index (χ4n) is 2.44. The second-order valence-electron chi connectivity index (χ2n) is 5.13. The van der Waals surface area contributed by atoms with Crippen molar-refractivity contribution in [3.05, 3.63) is 12.2 Å². The summed E-state index contributed by atoms with van der Waals surface area (Å²) in [6.07, 6.45) is 4.46. The van der Waals surface area contributed by atoms with Gasteiger partial charge < -0.3 is 15.7 Å². The molecule has 0 aromatic carbocycles. The maximum Gasteiger partial charge on any atom is 0.191 e. The van der Waals surface area contributed by atoms with Crippen LogP contribution in [0.4, 0.5) is 0 Å². The van der Waals surface area contributed by atoms with Crippen LogP contribution in [0.2, 0.25) is 0 Å². The van der Waals surface area contributed by atoms with E-state index in [1.165, 1.54) is 6.33 Å². The van der Waals surface area contributed by atoms with Gasteiger partial charge in [0.2, 0.25) is 0 Å². The number of hydrogen-bond donors (Lipinski definition) is 3. The Hall–Kier alpha value is -0.900. The van der Waals surface area contributed by atoms with Gasteiger partial charge in [-0.05, 0) is 19.8 Å². The van der Waals surface area contributed by atoms with Gasteiger partial charge in [-0.25, -0.2) is 9.98 Å². The molecule has 2 rings (SSSR count). The zero-order chi connectivity index (χ0) is 14.4. The molecule has 8 heteroatoms. The summed E-state index contributed by atoms with van der Waals surface area (Å²) in [6.45, 7) is 4.08. The summed E-state index contributed by atoms with van der Waals surface area (Å²) in [6, 6.07) is 0. The van der Waals surface area contributed by atoms with Gasteiger partial charge in [0.15, 0.2) is 5.96 Å². The number of halogens is 1. The Bertz CT molecular complexity index is 450. The number of guanidine groups is 1. The molecule has 1 aromatic rings. The van der Waals surface area contributed by atoms with Gasteiger partial charge in [0, 0.05) is 26.1 Å². The highest BCUT2D eigenvalue weighted by Gasteiger charge is 2.24. The Labute approximate surface area is 142 Å². The quantitative estimate of drug-likeness (QED) is 0.379. The van der Waals surface area contributed by atoms with E-state index >= 15 is 0 Å². The van der Waals surface area contributed by atoms with E-state index in [2.05, 4.69) is 25.7 Å². The topological polar surface area (TPSA) is 87.4 Å². The number of rotatable bonds is 5. The highest BCUT2D eigenvalue weighted by molar-refractivity contribution is 14.0. The molecule has 1 aliphatic carbocycles. The van der Waals surface area contributed by atoms with Crippen molar-refractivity contribution >= 4 is 29.9 Å². The minimum atomic E-state index is -0.177. The molecule has 1 saturated carbocycles. The third kappa shape index (κ3) is 5.42. The predicted octanol–water partition coefficient (Wildman–Crippen LogP) is 0.649. The van der Waals surface area contributed by atoms with Crippen molar-refractivity contribution in [2.24, 2.45) is 18.0 Å². The zero-order valence-corrected chi connectivity index (χ0v) is 14.9. The lowest BCUT2D eigenvalue weighted by molar-refractivity contribution is 0.134. The summed E-state index contributed by atoms with van der Waals surface area (Å²) in [7, 11) is 1.85. The lowest BCUT2D eigenvalue weighted by Gasteiger charge is -2.17. The van der Waals surface area contributed by atoms with Crippen molar-refractivity contribution in [3.63, 3.8) is 0 Å². The normalized spacial score (nSPS) is 22.0. The summed E-state index contributed by atoms with van der Waals surface area (Å²) in [5.74, 6) is 1.91. The highest BCUT2D eigenvalue weighted by atomic mass is 127. The zero-order valence-electron chi connectivity index (χ0n) is 12.6. The van der Waals surface area contributed by atoms with E-state index in [1.807, 2.05) is 14.0 Å². The highest BCUT2D eigenvalue weighted by Crippen LogP contribution is 2.24. The van der Waals surface area contributed by atoms with Crippen LogP contribution in [-0.2, 0) is 13.6 Å². The Kier molecular flexibility index (Phi) is 7.94. The van der Waals surface area contributed by atoms with E-state index in [-0.39, 0.29) is 30.1 Å². The average molecular weight is 408 g/mol. The van der Waals surface area contributed by atoms with Crippen LogP contribution >= 0.6 is 24.0 Å². The third-order valence-electron chi connectivity index (χ3n) is 3.68. The fourth-order valence-corrected chi connectivity index (χ4v) is 2.44. The SMILES string of the molecule is CCNC(=NCc1ncnn1C)NCC1CCCC1O.I. The first kappa shape index (κ1) is 18.1. The third-order valence-corrected chi connectivity index (χ3v) is 3.68. The molecule has 3 N–H and O–H groups in total. The van der Waals surface area contributed by atoms with Gasteiger partial charge >= 0.3 is 0 Å². The number of nitrogens with one attached hydrogen (secondary N) is 2. The molecule has 1 aromatic heterocycles. The van der Waals surface area contributed by atoms with Crippen molar-refractivity contribution in [1.29, 1.82) is 0 Å². The number of nitrogens with zero attached hydrogens (tertiary/aromatic N) is 4. The molecular weight excluding hydrogens is 383 g/mol. The molecule has 21 heavy (non-hydrogen) atoms. The lowest BCUT2D eigenvalue weighted by atomic mass is 10.1. The van der Waals surface area contributed by atoms with Crippen LogP contribution in [0.15, 0.2) is 11.3 Å².